The van der Waals surface area contributed by atoms with Gasteiger partial charge in [-0.25, -0.2) is 0 Å². The zero-order valence-electron chi connectivity index (χ0n) is 10.2. The molecule has 1 fully saturated rings. The van der Waals surface area contributed by atoms with Gasteiger partial charge in [-0.05, 0) is 30.5 Å². The topological polar surface area (TPSA) is 49.3 Å². The minimum atomic E-state index is -0.401. The van der Waals surface area contributed by atoms with Gasteiger partial charge >= 0.3 is 0 Å². The van der Waals surface area contributed by atoms with Gasteiger partial charge in [-0.3, -0.25) is 4.79 Å². The molecule has 3 nitrogen and oxygen atoms in total. The standard InChI is InChI=1S/C14H18ClNO2/c15-11-5-3-4-10(8-11)9-14(18)16-12-6-1-2-7-13(12)17/h3-5,8,12-13,17H,1-2,6-7,9H2,(H,16,18)/t12-,13-/m0/s1. The maximum absolute atomic E-state index is 11.9. The zero-order valence-corrected chi connectivity index (χ0v) is 11.0. The molecule has 0 spiro atoms. The van der Waals surface area contributed by atoms with Crippen LogP contribution in [-0.2, 0) is 11.2 Å². The summed E-state index contributed by atoms with van der Waals surface area (Å²) in [5, 5.41) is 13.3. The lowest BCUT2D eigenvalue weighted by Gasteiger charge is -2.28. The van der Waals surface area contributed by atoms with Gasteiger partial charge < -0.3 is 10.4 Å². The van der Waals surface area contributed by atoms with Gasteiger partial charge in [-0.2, -0.15) is 0 Å². The van der Waals surface area contributed by atoms with Crippen molar-refractivity contribution in [2.75, 3.05) is 0 Å². The minimum absolute atomic E-state index is 0.0526. The van der Waals surface area contributed by atoms with Crippen molar-refractivity contribution < 1.29 is 9.90 Å². The summed E-state index contributed by atoms with van der Waals surface area (Å²) >= 11 is 5.87. The smallest absolute Gasteiger partial charge is 0.224 e. The summed E-state index contributed by atoms with van der Waals surface area (Å²) < 4.78 is 0. The number of amides is 1. The summed E-state index contributed by atoms with van der Waals surface area (Å²) in [6.07, 6.45) is 3.66. The van der Waals surface area contributed by atoms with E-state index in [0.29, 0.717) is 11.4 Å². The summed E-state index contributed by atoms with van der Waals surface area (Å²) in [5.74, 6) is -0.0526. The molecule has 1 amide bonds. The van der Waals surface area contributed by atoms with E-state index in [2.05, 4.69) is 5.32 Å². The number of carbonyl (C=O) groups excluding carboxylic acids is 1. The molecule has 1 saturated carbocycles. The maximum atomic E-state index is 11.9. The summed E-state index contributed by atoms with van der Waals surface area (Å²) in [4.78, 5) is 11.9. The average Bonchev–Trinajstić information content (AvgIpc) is 2.32. The molecule has 0 aliphatic heterocycles. The number of hydrogen-bond acceptors (Lipinski definition) is 2. The van der Waals surface area contributed by atoms with Crippen LogP contribution in [0, 0.1) is 0 Å². The number of hydrogen-bond donors (Lipinski definition) is 2. The predicted octanol–water partition coefficient (Wildman–Crippen LogP) is 2.30. The van der Waals surface area contributed by atoms with Crippen molar-refractivity contribution >= 4 is 17.5 Å². The van der Waals surface area contributed by atoms with E-state index in [9.17, 15) is 9.90 Å². The van der Waals surface area contributed by atoms with E-state index in [1.54, 1.807) is 12.1 Å². The molecule has 1 aromatic carbocycles. The molecular formula is C14H18ClNO2. The van der Waals surface area contributed by atoms with Crippen molar-refractivity contribution in [1.29, 1.82) is 0 Å². The molecule has 18 heavy (non-hydrogen) atoms. The molecule has 0 radical (unpaired) electrons. The normalized spacial score (nSPS) is 23.7. The van der Waals surface area contributed by atoms with Crippen LogP contribution < -0.4 is 5.32 Å². The van der Waals surface area contributed by atoms with Crippen molar-refractivity contribution in [2.24, 2.45) is 0 Å². The van der Waals surface area contributed by atoms with Crippen LogP contribution >= 0.6 is 11.6 Å². The predicted molar refractivity (Wildman–Crippen MR) is 71.6 cm³/mol. The van der Waals surface area contributed by atoms with E-state index in [0.717, 1.165) is 31.2 Å². The van der Waals surface area contributed by atoms with Gasteiger partial charge in [0.25, 0.3) is 0 Å². The third kappa shape index (κ3) is 3.72. The van der Waals surface area contributed by atoms with Crippen LogP contribution in [0.5, 0.6) is 0 Å². The average molecular weight is 268 g/mol. The number of aliphatic hydroxyl groups excluding tert-OH is 1. The molecule has 2 rings (SSSR count). The summed E-state index contributed by atoms with van der Waals surface area (Å²) in [6, 6.07) is 7.19. The first-order chi connectivity index (χ1) is 8.65. The van der Waals surface area contributed by atoms with Crippen LogP contribution in [0.3, 0.4) is 0 Å². The molecule has 0 aromatic heterocycles. The lowest BCUT2D eigenvalue weighted by atomic mass is 9.92. The van der Waals surface area contributed by atoms with Gasteiger partial charge in [0.05, 0.1) is 18.6 Å². The molecule has 0 heterocycles. The Morgan fingerprint density at radius 3 is 2.89 bits per heavy atom. The van der Waals surface area contributed by atoms with Gasteiger partial charge in [0.2, 0.25) is 5.91 Å². The van der Waals surface area contributed by atoms with E-state index in [4.69, 9.17) is 11.6 Å². The van der Waals surface area contributed by atoms with Crippen LogP contribution in [0.1, 0.15) is 31.2 Å². The molecule has 0 unspecified atom stereocenters. The van der Waals surface area contributed by atoms with Gasteiger partial charge in [0.1, 0.15) is 0 Å². The van der Waals surface area contributed by atoms with Gasteiger partial charge in [0.15, 0.2) is 0 Å². The van der Waals surface area contributed by atoms with Crippen molar-refractivity contribution in [3.63, 3.8) is 0 Å². The fraction of sp³-hybridized carbons (Fsp3) is 0.500. The van der Waals surface area contributed by atoms with Crippen LogP contribution in [0.2, 0.25) is 5.02 Å². The molecule has 2 atom stereocenters. The number of aliphatic hydroxyl groups is 1. The molecule has 0 bridgehead atoms. The first-order valence-electron chi connectivity index (χ1n) is 6.37. The van der Waals surface area contributed by atoms with Crippen molar-refractivity contribution in [2.45, 2.75) is 44.2 Å². The fourth-order valence-corrected chi connectivity index (χ4v) is 2.58. The van der Waals surface area contributed by atoms with Gasteiger partial charge in [-0.1, -0.05) is 36.6 Å². The molecule has 2 N–H and O–H groups in total. The maximum Gasteiger partial charge on any atom is 0.224 e. The zero-order chi connectivity index (χ0) is 13.0. The summed E-state index contributed by atoms with van der Waals surface area (Å²) in [6.45, 7) is 0. The van der Waals surface area contributed by atoms with Crippen LogP contribution in [0.4, 0.5) is 0 Å². The third-order valence-electron chi connectivity index (χ3n) is 3.33. The Labute approximate surface area is 112 Å². The highest BCUT2D eigenvalue weighted by molar-refractivity contribution is 6.30. The molecule has 0 saturated heterocycles. The molecule has 4 heteroatoms. The second-order valence-corrected chi connectivity index (χ2v) is 5.27. The lowest BCUT2D eigenvalue weighted by Crippen LogP contribution is -2.45. The van der Waals surface area contributed by atoms with E-state index >= 15 is 0 Å². The highest BCUT2D eigenvalue weighted by Gasteiger charge is 2.24. The molecule has 98 valence electrons. The highest BCUT2D eigenvalue weighted by atomic mass is 35.5. The Hall–Kier alpha value is -1.06. The summed E-state index contributed by atoms with van der Waals surface area (Å²) in [7, 11) is 0. The Morgan fingerprint density at radius 1 is 1.39 bits per heavy atom. The van der Waals surface area contributed by atoms with Crippen LogP contribution in [0.25, 0.3) is 0 Å². The Bertz CT molecular complexity index is 422. The fourth-order valence-electron chi connectivity index (χ4n) is 2.37. The largest absolute Gasteiger partial charge is 0.391 e. The Balaban J connectivity index is 1.88. The van der Waals surface area contributed by atoms with Gasteiger partial charge in [-0.15, -0.1) is 0 Å². The van der Waals surface area contributed by atoms with Crippen molar-refractivity contribution in [3.8, 4) is 0 Å². The third-order valence-corrected chi connectivity index (χ3v) is 3.56. The minimum Gasteiger partial charge on any atom is -0.391 e. The van der Waals surface area contributed by atoms with Crippen LogP contribution in [0.15, 0.2) is 24.3 Å². The SMILES string of the molecule is O=C(Cc1cccc(Cl)c1)N[C@H]1CCCC[C@@H]1O. The number of rotatable bonds is 3. The van der Waals surface area contributed by atoms with E-state index < -0.39 is 6.10 Å². The van der Waals surface area contributed by atoms with E-state index in [1.807, 2.05) is 12.1 Å². The van der Waals surface area contributed by atoms with E-state index in [-0.39, 0.29) is 11.9 Å². The van der Waals surface area contributed by atoms with Crippen LogP contribution in [-0.4, -0.2) is 23.2 Å². The number of carbonyl (C=O) groups is 1. The first-order valence-corrected chi connectivity index (χ1v) is 6.75. The first kappa shape index (κ1) is 13.4. The lowest BCUT2D eigenvalue weighted by molar-refractivity contribution is -0.122. The van der Waals surface area contributed by atoms with Gasteiger partial charge in [0, 0.05) is 5.02 Å². The second kappa shape index (κ2) is 6.21. The Kier molecular flexibility index (Phi) is 4.61. The number of nitrogens with one attached hydrogen (secondary N) is 1. The number of benzene rings is 1. The molecular weight excluding hydrogens is 250 g/mol. The summed E-state index contributed by atoms with van der Waals surface area (Å²) in [5.41, 5.74) is 0.894. The highest BCUT2D eigenvalue weighted by Crippen LogP contribution is 2.18. The van der Waals surface area contributed by atoms with E-state index in [1.165, 1.54) is 0 Å². The second-order valence-electron chi connectivity index (χ2n) is 4.83. The monoisotopic (exact) mass is 267 g/mol. The quantitative estimate of drug-likeness (QED) is 0.883. The van der Waals surface area contributed by atoms with Crippen molar-refractivity contribution in [1.82, 2.24) is 5.32 Å². The molecule has 1 aliphatic rings. The molecule has 1 aromatic rings. The number of halogens is 1. The van der Waals surface area contributed by atoms with Crippen molar-refractivity contribution in [3.05, 3.63) is 34.9 Å². The molecule has 1 aliphatic carbocycles. The Morgan fingerprint density at radius 2 is 2.17 bits per heavy atom.